The number of fused-ring (bicyclic) bond motifs is 1. The maximum atomic E-state index is 13.4. The quantitative estimate of drug-likeness (QED) is 0.569. The first-order valence-corrected chi connectivity index (χ1v) is 11.1. The zero-order valence-corrected chi connectivity index (χ0v) is 17.5. The van der Waals surface area contributed by atoms with E-state index in [0.717, 1.165) is 23.1 Å². The van der Waals surface area contributed by atoms with Crippen LogP contribution in [0.25, 0.3) is 0 Å². The number of carbonyl (C=O) groups is 2. The van der Waals surface area contributed by atoms with Gasteiger partial charge >= 0.3 is 5.97 Å². The molecular formula is C24H24N2O3S. The Morgan fingerprint density at radius 1 is 1.17 bits per heavy atom. The van der Waals surface area contributed by atoms with E-state index < -0.39 is 18.1 Å². The molecule has 2 aliphatic rings. The number of rotatable bonds is 6. The molecule has 2 atom stereocenters. The number of hydrogen-bond acceptors (Lipinski definition) is 5. The number of benzene rings is 2. The third-order valence-corrected chi connectivity index (χ3v) is 6.54. The van der Waals surface area contributed by atoms with E-state index in [1.54, 1.807) is 11.8 Å². The summed E-state index contributed by atoms with van der Waals surface area (Å²) < 4.78 is 6.03. The van der Waals surface area contributed by atoms with Gasteiger partial charge in [0.15, 0.2) is 6.10 Å². The van der Waals surface area contributed by atoms with Crippen molar-refractivity contribution in [3.8, 4) is 0 Å². The van der Waals surface area contributed by atoms with Gasteiger partial charge in [-0.1, -0.05) is 79.7 Å². The number of hydrogen-bond donors (Lipinski definition) is 1. The molecule has 2 heterocycles. The third-order valence-electron chi connectivity index (χ3n) is 5.22. The highest BCUT2D eigenvalue weighted by Crippen LogP contribution is 2.41. The normalized spacial score (nSPS) is 21.0. The van der Waals surface area contributed by atoms with E-state index in [4.69, 9.17) is 10.5 Å². The molecular weight excluding hydrogens is 396 g/mol. The van der Waals surface area contributed by atoms with Gasteiger partial charge in [0.05, 0.1) is 0 Å². The fourth-order valence-corrected chi connectivity index (χ4v) is 4.93. The average Bonchev–Trinajstić information content (AvgIpc) is 2.81. The van der Waals surface area contributed by atoms with Gasteiger partial charge in [-0.25, -0.2) is 4.79 Å². The van der Waals surface area contributed by atoms with Gasteiger partial charge in [0.2, 0.25) is 5.91 Å². The van der Waals surface area contributed by atoms with E-state index in [9.17, 15) is 9.59 Å². The van der Waals surface area contributed by atoms with Gasteiger partial charge in [0.1, 0.15) is 17.1 Å². The molecule has 0 radical (unpaired) electrons. The number of carbonyl (C=O) groups excluding carboxylic acids is 2. The lowest BCUT2D eigenvalue weighted by molar-refractivity contribution is -0.153. The Balaban J connectivity index is 1.70. The van der Waals surface area contributed by atoms with E-state index >= 15 is 0 Å². The monoisotopic (exact) mass is 420 g/mol. The van der Waals surface area contributed by atoms with E-state index in [2.05, 4.69) is 0 Å². The molecule has 5 nitrogen and oxygen atoms in total. The molecule has 1 saturated heterocycles. The number of ether oxygens (including phenoxy) is 1. The Kier molecular flexibility index (Phi) is 6.06. The lowest BCUT2D eigenvalue weighted by atomic mass is 10.0. The van der Waals surface area contributed by atoms with Crippen LogP contribution in [-0.4, -0.2) is 33.9 Å². The van der Waals surface area contributed by atoms with Crippen LogP contribution in [0.4, 0.5) is 0 Å². The number of thioether (sulfide) groups is 1. The zero-order chi connectivity index (χ0) is 21.1. The van der Waals surface area contributed by atoms with Crippen molar-refractivity contribution in [2.75, 3.05) is 5.75 Å². The van der Waals surface area contributed by atoms with Crippen LogP contribution in [0, 0.1) is 0 Å². The van der Waals surface area contributed by atoms with E-state index in [1.165, 1.54) is 4.90 Å². The Labute approximate surface area is 180 Å². The number of nitrogens with zero attached hydrogens (tertiary/aromatic N) is 1. The van der Waals surface area contributed by atoms with Crippen LogP contribution in [0.5, 0.6) is 0 Å². The molecule has 154 valence electrons. The van der Waals surface area contributed by atoms with Crippen LogP contribution >= 0.6 is 11.8 Å². The van der Waals surface area contributed by atoms with Crippen LogP contribution < -0.4 is 5.73 Å². The number of allylic oxidation sites excluding steroid dienone is 2. The highest BCUT2D eigenvalue weighted by atomic mass is 32.2. The summed E-state index contributed by atoms with van der Waals surface area (Å²) in [5, 5.41) is -0.217. The summed E-state index contributed by atoms with van der Waals surface area (Å²) in [6.45, 7) is 2.03. The van der Waals surface area contributed by atoms with Crippen molar-refractivity contribution < 1.29 is 14.3 Å². The predicted molar refractivity (Wildman–Crippen MR) is 118 cm³/mol. The van der Waals surface area contributed by atoms with Crippen LogP contribution in [0.2, 0.25) is 0 Å². The zero-order valence-electron chi connectivity index (χ0n) is 16.7. The van der Waals surface area contributed by atoms with E-state index in [-0.39, 0.29) is 11.3 Å². The summed E-state index contributed by atoms with van der Waals surface area (Å²) in [7, 11) is 0. The Hall–Kier alpha value is -2.83. The smallest absolute Gasteiger partial charge is 0.356 e. The molecule has 2 aromatic rings. The van der Waals surface area contributed by atoms with E-state index in [0.29, 0.717) is 11.4 Å². The second-order valence-electron chi connectivity index (χ2n) is 7.23. The maximum Gasteiger partial charge on any atom is 0.356 e. The molecule has 0 saturated carbocycles. The van der Waals surface area contributed by atoms with E-state index in [1.807, 2.05) is 79.7 Å². The minimum absolute atomic E-state index is 0.217. The summed E-state index contributed by atoms with van der Waals surface area (Å²) in [6.07, 6.45) is 4.17. The van der Waals surface area contributed by atoms with Crippen LogP contribution in [0.3, 0.4) is 0 Å². The van der Waals surface area contributed by atoms with Crippen molar-refractivity contribution >= 4 is 23.6 Å². The molecule has 0 aromatic heterocycles. The summed E-state index contributed by atoms with van der Waals surface area (Å²) in [5.74, 6) is -0.128. The fourth-order valence-electron chi connectivity index (χ4n) is 3.66. The molecule has 0 aliphatic carbocycles. The van der Waals surface area contributed by atoms with Crippen molar-refractivity contribution in [3.63, 3.8) is 0 Å². The molecule has 0 spiro atoms. The molecule has 1 unspecified atom stereocenters. The molecule has 1 fully saturated rings. The Morgan fingerprint density at radius 2 is 1.77 bits per heavy atom. The summed E-state index contributed by atoms with van der Waals surface area (Å²) >= 11 is 1.58. The minimum atomic E-state index is -0.575. The molecule has 4 rings (SSSR count). The summed E-state index contributed by atoms with van der Waals surface area (Å²) in [6, 6.07) is 18.7. The summed E-state index contributed by atoms with van der Waals surface area (Å²) in [4.78, 5) is 27.4. The maximum absolute atomic E-state index is 13.4. The Morgan fingerprint density at radius 3 is 2.33 bits per heavy atom. The van der Waals surface area contributed by atoms with Gasteiger partial charge in [-0.3, -0.25) is 9.69 Å². The first kappa shape index (κ1) is 20.4. The fraction of sp³-hybridized carbons (Fsp3) is 0.250. The standard InChI is InChI=1S/C24H24N2O3S/c1-2-3-10-18-15-30-23-19(25)22(27)26(23)20(18)24(28)29-21(16-11-6-4-7-12-16)17-13-8-5-9-14-17/h3-14,19,21,23H,2,15,25H2,1H3/b10-3-/t19?,23-/m0/s1. The lowest BCUT2D eigenvalue weighted by Crippen LogP contribution is -2.68. The number of esters is 1. The predicted octanol–water partition coefficient (Wildman–Crippen LogP) is 3.78. The molecule has 2 aromatic carbocycles. The lowest BCUT2D eigenvalue weighted by Gasteiger charge is -2.48. The highest BCUT2D eigenvalue weighted by molar-refractivity contribution is 8.00. The van der Waals surface area contributed by atoms with Gasteiger partial charge in [-0.15, -0.1) is 11.8 Å². The second kappa shape index (κ2) is 8.90. The van der Waals surface area contributed by atoms with Crippen molar-refractivity contribution in [1.29, 1.82) is 0 Å². The SMILES string of the molecule is CC/C=C\C1=C(C(=O)OC(c2ccccc2)c2ccccc2)N2C(=O)C(N)[C@@H]2SC1. The van der Waals surface area contributed by atoms with Gasteiger partial charge in [-0.05, 0) is 23.1 Å². The average molecular weight is 421 g/mol. The van der Waals surface area contributed by atoms with Gasteiger partial charge in [0.25, 0.3) is 0 Å². The summed E-state index contributed by atoms with van der Waals surface area (Å²) in [5.41, 5.74) is 8.81. The molecule has 1 amide bonds. The van der Waals surface area contributed by atoms with Gasteiger partial charge in [-0.2, -0.15) is 0 Å². The van der Waals surface area contributed by atoms with Crippen molar-refractivity contribution in [2.45, 2.75) is 30.9 Å². The molecule has 6 heteroatoms. The van der Waals surface area contributed by atoms with Gasteiger partial charge in [0, 0.05) is 5.75 Å². The second-order valence-corrected chi connectivity index (χ2v) is 8.33. The first-order chi connectivity index (χ1) is 14.6. The van der Waals surface area contributed by atoms with Crippen LogP contribution in [-0.2, 0) is 14.3 Å². The molecule has 2 N–H and O–H groups in total. The Bertz CT molecular complexity index is 949. The molecule has 0 bridgehead atoms. The molecule has 30 heavy (non-hydrogen) atoms. The van der Waals surface area contributed by atoms with Crippen LogP contribution in [0.1, 0.15) is 30.6 Å². The number of amides is 1. The van der Waals surface area contributed by atoms with Crippen molar-refractivity contribution in [2.24, 2.45) is 5.73 Å². The molecule has 2 aliphatic heterocycles. The third kappa shape index (κ3) is 3.80. The number of nitrogens with two attached hydrogens (primary N) is 1. The first-order valence-electron chi connectivity index (χ1n) is 10.0. The largest absolute Gasteiger partial charge is 0.448 e. The highest BCUT2D eigenvalue weighted by Gasteiger charge is 2.52. The topological polar surface area (TPSA) is 72.6 Å². The van der Waals surface area contributed by atoms with Crippen molar-refractivity contribution in [1.82, 2.24) is 4.90 Å². The number of β-lactam (4-membered cyclic amide) rings is 1. The van der Waals surface area contributed by atoms with Gasteiger partial charge < -0.3 is 10.5 Å². The van der Waals surface area contributed by atoms with Crippen molar-refractivity contribution in [3.05, 3.63) is 95.2 Å². The minimum Gasteiger partial charge on any atom is -0.448 e. The van der Waals surface area contributed by atoms with Crippen LogP contribution in [0.15, 0.2) is 84.1 Å².